The Morgan fingerprint density at radius 1 is 1.34 bits per heavy atom. The highest BCUT2D eigenvalue weighted by Crippen LogP contribution is 2.42. The second-order valence-corrected chi connectivity index (χ2v) is 11.5. The minimum atomic E-state index is -1.27. The molecule has 17 heteroatoms. The summed E-state index contributed by atoms with van der Waals surface area (Å²) < 4.78 is 5.70. The molecule has 1 fully saturated rings. The number of fused-ring (bicyclic) bond motifs is 1. The summed E-state index contributed by atoms with van der Waals surface area (Å²) in [5.74, 6) is -2.31. The SMILES string of the molecule is CCO/N=C(/C(=O)N[C@@H]1C(=O)N2C(C(=O)O)=C(CSc3ncc(-c4ccc(O)c(O)c4)o3)CS[C@H]12)c1csc(N)n1. The molecule has 6 N–H and O–H groups in total. The van der Waals surface area contributed by atoms with Gasteiger partial charge >= 0.3 is 5.97 Å². The molecule has 14 nitrogen and oxygen atoms in total. The maximum atomic E-state index is 13.1. The van der Waals surface area contributed by atoms with Crippen LogP contribution in [0.25, 0.3) is 11.3 Å². The molecule has 214 valence electrons. The van der Waals surface area contributed by atoms with Crippen LogP contribution in [0.1, 0.15) is 12.6 Å². The first-order chi connectivity index (χ1) is 19.7. The van der Waals surface area contributed by atoms with E-state index in [2.05, 4.69) is 20.4 Å². The monoisotopic (exact) mass is 618 g/mol. The number of carboxylic acids is 1. The number of benzene rings is 1. The lowest BCUT2D eigenvalue weighted by Crippen LogP contribution is -2.71. The summed E-state index contributed by atoms with van der Waals surface area (Å²) >= 11 is 3.57. The second-order valence-electron chi connectivity index (χ2n) is 8.53. The van der Waals surface area contributed by atoms with Gasteiger partial charge in [-0.15, -0.1) is 23.1 Å². The molecule has 0 saturated carbocycles. The number of oxime groups is 1. The standard InChI is InChI=1S/C24H22N6O8S3/c1-2-37-29-16(12-9-40-23(25)27-12)19(33)28-17-20(34)30-18(22(35)36)11(7-39-21(17)30)8-41-24-26-6-15(38-24)10-3-4-13(31)14(32)5-10/h3-6,9,17,21,31-32H,2,7-8H2,1H3,(H2,25,27)(H,28,33)(H,35,36)/b29-16+/t17-,21-/m1/s1. The molecule has 2 amide bonds. The van der Waals surface area contributed by atoms with Gasteiger partial charge in [-0.25, -0.2) is 14.8 Å². The average Bonchev–Trinajstić information content (AvgIpc) is 3.60. The van der Waals surface area contributed by atoms with E-state index in [1.54, 1.807) is 13.0 Å². The van der Waals surface area contributed by atoms with E-state index in [1.807, 2.05) is 0 Å². The van der Waals surface area contributed by atoms with Crippen LogP contribution in [0, 0.1) is 0 Å². The highest BCUT2D eigenvalue weighted by molar-refractivity contribution is 8.01. The molecule has 0 radical (unpaired) electrons. The maximum absolute atomic E-state index is 13.1. The van der Waals surface area contributed by atoms with Crippen LogP contribution in [0.2, 0.25) is 0 Å². The first-order valence-electron chi connectivity index (χ1n) is 11.9. The summed E-state index contributed by atoms with van der Waals surface area (Å²) in [6.45, 7) is 1.89. The third kappa shape index (κ3) is 5.68. The van der Waals surface area contributed by atoms with E-state index in [1.165, 1.54) is 35.5 Å². The topological polar surface area (TPSA) is 214 Å². The number of nitrogens with one attached hydrogen (secondary N) is 1. The molecule has 4 heterocycles. The molecule has 2 aliphatic heterocycles. The van der Waals surface area contributed by atoms with Gasteiger partial charge in [-0.3, -0.25) is 14.5 Å². The van der Waals surface area contributed by atoms with Crippen molar-refractivity contribution >= 4 is 63.5 Å². The molecule has 0 spiro atoms. The van der Waals surface area contributed by atoms with Crippen LogP contribution in [-0.2, 0) is 19.2 Å². The van der Waals surface area contributed by atoms with Crippen molar-refractivity contribution in [1.29, 1.82) is 0 Å². The number of thiazole rings is 1. The number of hydrogen-bond donors (Lipinski definition) is 5. The van der Waals surface area contributed by atoms with Gasteiger partial charge in [-0.1, -0.05) is 16.9 Å². The Morgan fingerprint density at radius 3 is 2.83 bits per heavy atom. The first-order valence-corrected chi connectivity index (χ1v) is 14.8. The summed E-state index contributed by atoms with van der Waals surface area (Å²) in [5, 5.41) is 37.0. The smallest absolute Gasteiger partial charge is 0.352 e. The summed E-state index contributed by atoms with van der Waals surface area (Å²) in [6.07, 6.45) is 1.45. The Kier molecular flexibility index (Phi) is 8.09. The zero-order chi connectivity index (χ0) is 29.3. The number of aromatic hydroxyl groups is 2. The lowest BCUT2D eigenvalue weighted by atomic mass is 10.0. The molecular formula is C24H22N6O8S3. The number of oxazole rings is 1. The number of amides is 2. The number of phenolic OH excluding ortho intramolecular Hbond substituents is 2. The minimum absolute atomic E-state index is 0.147. The van der Waals surface area contributed by atoms with E-state index >= 15 is 0 Å². The average molecular weight is 619 g/mol. The number of phenols is 2. The number of rotatable bonds is 10. The van der Waals surface area contributed by atoms with Crippen molar-refractivity contribution in [3.63, 3.8) is 0 Å². The number of aliphatic carboxylic acids is 1. The van der Waals surface area contributed by atoms with Crippen molar-refractivity contribution in [2.75, 3.05) is 23.8 Å². The lowest BCUT2D eigenvalue weighted by molar-refractivity contribution is -0.150. The number of nitrogens with zero attached hydrogens (tertiary/aromatic N) is 4. The van der Waals surface area contributed by atoms with Crippen molar-refractivity contribution in [3.8, 4) is 22.8 Å². The summed E-state index contributed by atoms with van der Waals surface area (Å²) in [6, 6.07) is 3.22. The Bertz CT molecular complexity index is 1580. The Balaban J connectivity index is 1.28. The predicted octanol–water partition coefficient (Wildman–Crippen LogP) is 2.06. The number of carbonyl (C=O) groups excluding carboxylic acids is 2. The Morgan fingerprint density at radius 2 is 2.15 bits per heavy atom. The molecule has 2 aliphatic rings. The second kappa shape index (κ2) is 11.7. The van der Waals surface area contributed by atoms with Gasteiger partial charge in [0.05, 0.1) is 6.20 Å². The predicted molar refractivity (Wildman–Crippen MR) is 150 cm³/mol. The van der Waals surface area contributed by atoms with Crippen molar-refractivity contribution in [2.45, 2.75) is 23.6 Å². The van der Waals surface area contributed by atoms with E-state index in [-0.39, 0.29) is 57.1 Å². The summed E-state index contributed by atoms with van der Waals surface area (Å²) in [5.41, 5.74) is 6.55. The lowest BCUT2D eigenvalue weighted by Gasteiger charge is -2.49. The number of aromatic nitrogens is 2. The zero-order valence-corrected chi connectivity index (χ0v) is 23.6. The molecule has 1 aromatic carbocycles. The number of thioether (sulfide) groups is 2. The van der Waals surface area contributed by atoms with Gasteiger partial charge in [-0.2, -0.15) is 0 Å². The third-order valence-corrected chi connectivity index (χ3v) is 8.86. The Hall–Kier alpha value is -4.22. The van der Waals surface area contributed by atoms with Crippen LogP contribution >= 0.6 is 34.9 Å². The van der Waals surface area contributed by atoms with Gasteiger partial charge in [0.1, 0.15) is 29.4 Å². The number of anilines is 1. The van der Waals surface area contributed by atoms with Crippen LogP contribution in [0.15, 0.2) is 55.8 Å². The number of β-lactam (4-membered cyclic amide) rings is 1. The number of nitrogens with two attached hydrogens (primary N) is 1. The number of carboxylic acid groups (broad SMARTS) is 1. The molecule has 0 unspecified atom stereocenters. The van der Waals surface area contributed by atoms with E-state index in [9.17, 15) is 29.7 Å². The fourth-order valence-electron chi connectivity index (χ4n) is 4.02. The number of carbonyl (C=O) groups is 3. The summed E-state index contributed by atoms with van der Waals surface area (Å²) in [4.78, 5) is 52.7. The highest BCUT2D eigenvalue weighted by atomic mass is 32.2. The van der Waals surface area contributed by atoms with Gasteiger partial charge in [0.15, 0.2) is 28.1 Å². The van der Waals surface area contributed by atoms with Crippen LogP contribution < -0.4 is 11.1 Å². The number of nitrogen functional groups attached to an aromatic ring is 1. The zero-order valence-electron chi connectivity index (χ0n) is 21.1. The molecule has 2 aromatic heterocycles. The van der Waals surface area contributed by atoms with Crippen LogP contribution in [0.5, 0.6) is 11.5 Å². The normalized spacial score (nSPS) is 18.6. The van der Waals surface area contributed by atoms with Crippen molar-refractivity contribution < 1.29 is 39.0 Å². The molecular weight excluding hydrogens is 596 g/mol. The molecule has 0 bridgehead atoms. The molecule has 41 heavy (non-hydrogen) atoms. The number of hydrogen-bond acceptors (Lipinski definition) is 14. The van der Waals surface area contributed by atoms with E-state index in [4.69, 9.17) is 15.0 Å². The van der Waals surface area contributed by atoms with Gasteiger partial charge in [-0.05, 0) is 30.7 Å². The van der Waals surface area contributed by atoms with E-state index < -0.39 is 29.2 Å². The Labute approximate surface area is 244 Å². The molecule has 1 saturated heterocycles. The maximum Gasteiger partial charge on any atom is 0.352 e. The molecule has 5 rings (SSSR count). The molecule has 0 aliphatic carbocycles. The first kappa shape index (κ1) is 28.3. The van der Waals surface area contributed by atoms with Crippen LogP contribution in [-0.4, -0.2) is 83.2 Å². The largest absolute Gasteiger partial charge is 0.504 e. The fourth-order valence-corrected chi connectivity index (χ4v) is 6.85. The van der Waals surface area contributed by atoms with Crippen LogP contribution in [0.3, 0.4) is 0 Å². The van der Waals surface area contributed by atoms with Crippen molar-refractivity contribution in [3.05, 3.63) is 46.7 Å². The third-order valence-electron chi connectivity index (χ3n) is 5.92. The summed E-state index contributed by atoms with van der Waals surface area (Å²) in [7, 11) is 0. The molecule has 3 aromatic rings. The van der Waals surface area contributed by atoms with Crippen molar-refractivity contribution in [1.82, 2.24) is 20.2 Å². The van der Waals surface area contributed by atoms with Gasteiger partial charge in [0, 0.05) is 22.4 Å². The van der Waals surface area contributed by atoms with E-state index in [0.717, 1.165) is 28.0 Å². The molecule has 2 atom stereocenters. The quantitative estimate of drug-likeness (QED) is 0.0724. The van der Waals surface area contributed by atoms with Gasteiger partial charge in [0.2, 0.25) is 0 Å². The van der Waals surface area contributed by atoms with Crippen LogP contribution in [0.4, 0.5) is 5.13 Å². The van der Waals surface area contributed by atoms with Crippen molar-refractivity contribution in [2.24, 2.45) is 5.16 Å². The van der Waals surface area contributed by atoms with Gasteiger partial charge < -0.3 is 35.6 Å². The fraction of sp³-hybridized carbons (Fsp3) is 0.250. The highest BCUT2D eigenvalue weighted by Gasteiger charge is 2.54. The van der Waals surface area contributed by atoms with Gasteiger partial charge in [0.25, 0.3) is 17.0 Å². The van der Waals surface area contributed by atoms with E-state index in [0.29, 0.717) is 16.9 Å². The minimum Gasteiger partial charge on any atom is -0.504 e.